The minimum Gasteiger partial charge on any atom is -0.334 e. The number of nitrogens with zero attached hydrogens (tertiary/aromatic N) is 4. The van der Waals surface area contributed by atoms with Crippen LogP contribution in [-0.4, -0.2) is 38.6 Å². The summed E-state index contributed by atoms with van der Waals surface area (Å²) in [5, 5.41) is 4.90. The standard InChI is InChI=1S/C20H29N5S/c1-2-24-10-9-22-18(24)14-25(17-11-20(17)5-7-21-8-6-20)13-16-12-23-19(26-16)15-3-4-15/h9-10,12,15,17,21H,2-8,11,13-14H2,1H3. The zero-order valence-electron chi connectivity index (χ0n) is 15.7. The summed E-state index contributed by atoms with van der Waals surface area (Å²) in [5.74, 6) is 1.97. The smallest absolute Gasteiger partial charge is 0.122 e. The molecule has 140 valence electrons. The van der Waals surface area contributed by atoms with Gasteiger partial charge in [-0.3, -0.25) is 4.90 Å². The average molecular weight is 372 g/mol. The van der Waals surface area contributed by atoms with Crippen LogP contribution in [0.4, 0.5) is 0 Å². The molecule has 1 spiro atoms. The number of aryl methyl sites for hydroxylation is 1. The van der Waals surface area contributed by atoms with E-state index in [-0.39, 0.29) is 0 Å². The highest BCUT2D eigenvalue weighted by atomic mass is 32.1. The van der Waals surface area contributed by atoms with E-state index < -0.39 is 0 Å². The van der Waals surface area contributed by atoms with Crippen LogP contribution < -0.4 is 5.32 Å². The van der Waals surface area contributed by atoms with Gasteiger partial charge in [0.15, 0.2) is 0 Å². The molecule has 0 radical (unpaired) electrons. The molecule has 0 amide bonds. The van der Waals surface area contributed by atoms with Crippen LogP contribution in [0.5, 0.6) is 0 Å². The molecule has 0 aromatic carbocycles. The van der Waals surface area contributed by atoms with Crippen molar-refractivity contribution in [1.82, 2.24) is 24.8 Å². The first-order chi connectivity index (χ1) is 12.8. The number of aromatic nitrogens is 3. The van der Waals surface area contributed by atoms with Crippen LogP contribution in [0.1, 0.15) is 60.7 Å². The van der Waals surface area contributed by atoms with Gasteiger partial charge in [0.2, 0.25) is 0 Å². The van der Waals surface area contributed by atoms with E-state index in [1.165, 1.54) is 60.9 Å². The van der Waals surface area contributed by atoms with Gasteiger partial charge >= 0.3 is 0 Å². The van der Waals surface area contributed by atoms with E-state index in [1.54, 1.807) is 0 Å². The fourth-order valence-corrected chi connectivity index (χ4v) is 5.77. The molecule has 1 N–H and O–H groups in total. The Morgan fingerprint density at radius 1 is 1.27 bits per heavy atom. The fourth-order valence-electron chi connectivity index (χ4n) is 4.66. The summed E-state index contributed by atoms with van der Waals surface area (Å²) < 4.78 is 2.28. The second-order valence-corrected chi connectivity index (χ2v) is 9.45. The second-order valence-electron chi connectivity index (χ2n) is 8.31. The lowest BCUT2D eigenvalue weighted by molar-refractivity contribution is 0.183. The van der Waals surface area contributed by atoms with E-state index >= 15 is 0 Å². The van der Waals surface area contributed by atoms with E-state index in [2.05, 4.69) is 39.1 Å². The van der Waals surface area contributed by atoms with Gasteiger partial charge in [-0.05, 0) is 57.5 Å². The monoisotopic (exact) mass is 371 g/mol. The van der Waals surface area contributed by atoms with Gasteiger partial charge in [-0.25, -0.2) is 9.97 Å². The third-order valence-electron chi connectivity index (χ3n) is 6.53. The SMILES string of the molecule is CCn1ccnc1CN(Cc1cnc(C2CC2)s1)C1CC12CCNCC2. The Bertz CT molecular complexity index is 756. The Labute approximate surface area is 159 Å². The molecule has 2 saturated carbocycles. The molecule has 2 aromatic rings. The molecule has 5 rings (SSSR count). The highest BCUT2D eigenvalue weighted by molar-refractivity contribution is 7.11. The van der Waals surface area contributed by atoms with Crippen molar-refractivity contribution in [3.63, 3.8) is 0 Å². The number of hydrogen-bond donors (Lipinski definition) is 1. The summed E-state index contributed by atoms with van der Waals surface area (Å²) in [5.41, 5.74) is 0.554. The van der Waals surface area contributed by atoms with E-state index in [0.717, 1.165) is 25.6 Å². The lowest BCUT2D eigenvalue weighted by Crippen LogP contribution is -2.36. The van der Waals surface area contributed by atoms with Crippen LogP contribution >= 0.6 is 11.3 Å². The molecule has 3 heterocycles. The van der Waals surface area contributed by atoms with Gasteiger partial charge in [0.1, 0.15) is 5.82 Å². The van der Waals surface area contributed by atoms with Gasteiger partial charge in [0, 0.05) is 48.5 Å². The van der Waals surface area contributed by atoms with Crippen molar-refractivity contribution in [3.8, 4) is 0 Å². The van der Waals surface area contributed by atoms with Crippen molar-refractivity contribution >= 4 is 11.3 Å². The van der Waals surface area contributed by atoms with E-state index in [1.807, 2.05) is 17.5 Å². The number of thiazole rings is 1. The molecule has 1 aliphatic heterocycles. The van der Waals surface area contributed by atoms with E-state index in [0.29, 0.717) is 11.5 Å². The molecule has 6 heteroatoms. The normalized spacial score (nSPS) is 24.5. The Morgan fingerprint density at radius 2 is 2.12 bits per heavy atom. The number of piperidine rings is 1. The van der Waals surface area contributed by atoms with Crippen molar-refractivity contribution < 1.29 is 0 Å². The van der Waals surface area contributed by atoms with Gasteiger partial charge in [-0.2, -0.15) is 0 Å². The molecule has 5 nitrogen and oxygen atoms in total. The molecule has 2 aromatic heterocycles. The van der Waals surface area contributed by atoms with Crippen molar-refractivity contribution in [1.29, 1.82) is 0 Å². The maximum atomic E-state index is 4.71. The Morgan fingerprint density at radius 3 is 2.88 bits per heavy atom. The molecular formula is C20H29N5S. The molecule has 1 unspecified atom stereocenters. The molecule has 1 saturated heterocycles. The Balaban J connectivity index is 1.35. The van der Waals surface area contributed by atoms with Crippen molar-refractivity contribution in [3.05, 3.63) is 34.3 Å². The van der Waals surface area contributed by atoms with Gasteiger partial charge in [-0.1, -0.05) is 0 Å². The third kappa shape index (κ3) is 3.23. The van der Waals surface area contributed by atoms with E-state index in [9.17, 15) is 0 Å². The molecular weight excluding hydrogens is 342 g/mol. The largest absolute Gasteiger partial charge is 0.334 e. The highest BCUT2D eigenvalue weighted by Crippen LogP contribution is 2.56. The Hall–Kier alpha value is -1.24. The van der Waals surface area contributed by atoms with Gasteiger partial charge < -0.3 is 9.88 Å². The third-order valence-corrected chi connectivity index (χ3v) is 7.68. The summed E-state index contributed by atoms with van der Waals surface area (Å²) in [4.78, 5) is 13.5. The first-order valence-corrected chi connectivity index (χ1v) is 11.0. The summed E-state index contributed by atoms with van der Waals surface area (Å²) in [6.07, 6.45) is 12.9. The summed E-state index contributed by atoms with van der Waals surface area (Å²) in [6.45, 7) is 7.54. The zero-order chi connectivity index (χ0) is 17.6. The maximum absolute atomic E-state index is 4.71. The van der Waals surface area contributed by atoms with Gasteiger partial charge in [0.25, 0.3) is 0 Å². The minimum atomic E-state index is 0.554. The predicted octanol–water partition coefficient (Wildman–Crippen LogP) is 3.38. The molecule has 2 aliphatic carbocycles. The van der Waals surface area contributed by atoms with Crippen LogP contribution in [0.3, 0.4) is 0 Å². The lowest BCUT2D eigenvalue weighted by Gasteiger charge is -2.29. The lowest BCUT2D eigenvalue weighted by atomic mass is 9.93. The highest BCUT2D eigenvalue weighted by Gasteiger charge is 2.56. The van der Waals surface area contributed by atoms with Gasteiger partial charge in [0.05, 0.1) is 11.6 Å². The first kappa shape index (κ1) is 16.9. The quantitative estimate of drug-likeness (QED) is 0.810. The minimum absolute atomic E-state index is 0.554. The summed E-state index contributed by atoms with van der Waals surface area (Å²) in [6, 6.07) is 0.707. The van der Waals surface area contributed by atoms with Crippen LogP contribution in [0.15, 0.2) is 18.6 Å². The molecule has 3 aliphatic rings. The van der Waals surface area contributed by atoms with Crippen LogP contribution in [0.25, 0.3) is 0 Å². The molecule has 1 atom stereocenters. The van der Waals surface area contributed by atoms with E-state index in [4.69, 9.17) is 4.98 Å². The molecule has 0 bridgehead atoms. The first-order valence-electron chi connectivity index (χ1n) is 10.2. The average Bonchev–Trinajstić information content (AvgIpc) is 3.52. The van der Waals surface area contributed by atoms with Crippen LogP contribution in [0.2, 0.25) is 0 Å². The van der Waals surface area contributed by atoms with Gasteiger partial charge in [-0.15, -0.1) is 11.3 Å². The maximum Gasteiger partial charge on any atom is 0.122 e. The fraction of sp³-hybridized carbons (Fsp3) is 0.700. The molecule has 3 fully saturated rings. The topological polar surface area (TPSA) is 46.0 Å². The van der Waals surface area contributed by atoms with Crippen molar-refractivity contribution in [2.75, 3.05) is 13.1 Å². The van der Waals surface area contributed by atoms with Crippen molar-refractivity contribution in [2.45, 2.75) is 70.6 Å². The zero-order valence-corrected chi connectivity index (χ0v) is 16.5. The molecule has 26 heavy (non-hydrogen) atoms. The summed E-state index contributed by atoms with van der Waals surface area (Å²) in [7, 11) is 0. The number of hydrogen-bond acceptors (Lipinski definition) is 5. The number of imidazole rings is 1. The van der Waals surface area contributed by atoms with Crippen LogP contribution in [0, 0.1) is 5.41 Å². The van der Waals surface area contributed by atoms with Crippen LogP contribution in [-0.2, 0) is 19.6 Å². The predicted molar refractivity (Wildman–Crippen MR) is 104 cm³/mol. The Kier molecular flexibility index (Phi) is 4.38. The van der Waals surface area contributed by atoms with Crippen molar-refractivity contribution in [2.24, 2.45) is 5.41 Å². The number of nitrogens with one attached hydrogen (secondary N) is 1. The second kappa shape index (κ2) is 6.73. The summed E-state index contributed by atoms with van der Waals surface area (Å²) >= 11 is 1.94. The number of rotatable bonds is 7.